The quantitative estimate of drug-likeness (QED) is 0.914. The second kappa shape index (κ2) is 5.63. The van der Waals surface area contributed by atoms with Gasteiger partial charge in [-0.05, 0) is 38.3 Å². The van der Waals surface area contributed by atoms with Crippen molar-refractivity contribution in [2.24, 2.45) is 11.7 Å². The van der Waals surface area contributed by atoms with Crippen molar-refractivity contribution in [3.8, 4) is 10.6 Å². The van der Waals surface area contributed by atoms with E-state index in [-0.39, 0.29) is 17.9 Å². The Balaban J connectivity index is 1.67. The minimum absolute atomic E-state index is 0.0429. The van der Waals surface area contributed by atoms with Crippen molar-refractivity contribution in [3.05, 3.63) is 22.4 Å². The average Bonchev–Trinajstić information content (AvgIpc) is 3.10. The number of nitrogens with one attached hydrogen (secondary N) is 1. The van der Waals surface area contributed by atoms with Crippen molar-refractivity contribution >= 4 is 33.7 Å². The Labute approximate surface area is 126 Å². The van der Waals surface area contributed by atoms with E-state index in [0.29, 0.717) is 5.13 Å². The highest BCUT2D eigenvalue weighted by Crippen LogP contribution is 2.31. The van der Waals surface area contributed by atoms with E-state index in [1.54, 1.807) is 11.3 Å². The van der Waals surface area contributed by atoms with E-state index in [4.69, 9.17) is 5.73 Å². The zero-order valence-electron chi connectivity index (χ0n) is 11.3. The molecule has 1 aliphatic carbocycles. The summed E-state index contributed by atoms with van der Waals surface area (Å²) in [5.41, 5.74) is 6.78. The molecule has 0 spiro atoms. The van der Waals surface area contributed by atoms with Gasteiger partial charge in [0.2, 0.25) is 5.91 Å². The maximum Gasteiger partial charge on any atom is 0.229 e. The summed E-state index contributed by atoms with van der Waals surface area (Å²) in [7, 11) is 0. The summed E-state index contributed by atoms with van der Waals surface area (Å²) >= 11 is 3.19. The lowest BCUT2D eigenvalue weighted by atomic mass is 10.1. The van der Waals surface area contributed by atoms with Crippen molar-refractivity contribution in [2.45, 2.75) is 32.2 Å². The van der Waals surface area contributed by atoms with Crippen LogP contribution in [-0.4, -0.2) is 16.9 Å². The number of hydrogen-bond donors (Lipinski definition) is 2. The van der Waals surface area contributed by atoms with Gasteiger partial charge in [0.1, 0.15) is 0 Å². The van der Waals surface area contributed by atoms with Crippen LogP contribution in [0.15, 0.2) is 17.5 Å². The molecule has 0 bridgehead atoms. The maximum atomic E-state index is 12.1. The number of nitrogens with two attached hydrogens (primary N) is 1. The fourth-order valence-corrected chi connectivity index (χ4v) is 4.09. The standard InChI is InChI=1S/C14H17N3OS2/c1-8-2-5-12(20-8)11-7-19-14(16-11)17-13(18)9-3-4-10(15)6-9/h2,5,7,9-10H,3-4,6,15H2,1H3,(H,16,17,18). The van der Waals surface area contributed by atoms with Gasteiger partial charge in [-0.25, -0.2) is 4.98 Å². The molecule has 0 aromatic carbocycles. The minimum Gasteiger partial charge on any atom is -0.328 e. The molecule has 2 heterocycles. The Morgan fingerprint density at radius 3 is 2.95 bits per heavy atom. The lowest BCUT2D eigenvalue weighted by molar-refractivity contribution is -0.119. The van der Waals surface area contributed by atoms with Crippen molar-refractivity contribution in [3.63, 3.8) is 0 Å². The van der Waals surface area contributed by atoms with Gasteiger partial charge in [-0.15, -0.1) is 22.7 Å². The highest BCUT2D eigenvalue weighted by molar-refractivity contribution is 7.17. The molecule has 2 aromatic rings. The predicted octanol–water partition coefficient (Wildman–Crippen LogP) is 3.25. The lowest BCUT2D eigenvalue weighted by Gasteiger charge is -2.08. The van der Waals surface area contributed by atoms with E-state index in [2.05, 4.69) is 29.4 Å². The normalized spacial score (nSPS) is 22.1. The van der Waals surface area contributed by atoms with Gasteiger partial charge in [0.25, 0.3) is 0 Å². The zero-order valence-corrected chi connectivity index (χ0v) is 12.9. The highest BCUT2D eigenvalue weighted by Gasteiger charge is 2.28. The average molecular weight is 307 g/mol. The maximum absolute atomic E-state index is 12.1. The first-order valence-corrected chi connectivity index (χ1v) is 8.40. The van der Waals surface area contributed by atoms with Crippen LogP contribution < -0.4 is 11.1 Å². The molecule has 6 heteroatoms. The first-order valence-electron chi connectivity index (χ1n) is 6.70. The van der Waals surface area contributed by atoms with E-state index in [0.717, 1.165) is 29.8 Å². The van der Waals surface area contributed by atoms with Crippen molar-refractivity contribution in [1.29, 1.82) is 0 Å². The number of aromatic nitrogens is 1. The van der Waals surface area contributed by atoms with Gasteiger partial charge in [-0.1, -0.05) is 0 Å². The summed E-state index contributed by atoms with van der Waals surface area (Å²) < 4.78 is 0. The Morgan fingerprint density at radius 2 is 2.30 bits per heavy atom. The number of thiazole rings is 1. The van der Waals surface area contributed by atoms with E-state index < -0.39 is 0 Å². The largest absolute Gasteiger partial charge is 0.328 e. The van der Waals surface area contributed by atoms with E-state index >= 15 is 0 Å². The molecule has 3 N–H and O–H groups in total. The molecular weight excluding hydrogens is 290 g/mol. The third-order valence-electron chi connectivity index (χ3n) is 3.57. The molecule has 3 rings (SSSR count). The second-order valence-electron chi connectivity index (χ2n) is 5.21. The highest BCUT2D eigenvalue weighted by atomic mass is 32.1. The van der Waals surface area contributed by atoms with Crippen LogP contribution >= 0.6 is 22.7 Å². The van der Waals surface area contributed by atoms with E-state index in [9.17, 15) is 4.79 Å². The van der Waals surface area contributed by atoms with Gasteiger partial charge in [-0.3, -0.25) is 4.79 Å². The van der Waals surface area contributed by atoms with Crippen LogP contribution in [0, 0.1) is 12.8 Å². The van der Waals surface area contributed by atoms with Crippen LogP contribution in [0.2, 0.25) is 0 Å². The Hall–Kier alpha value is -1.24. The van der Waals surface area contributed by atoms with E-state index in [1.165, 1.54) is 16.2 Å². The van der Waals surface area contributed by atoms with Crippen LogP contribution in [0.5, 0.6) is 0 Å². The van der Waals surface area contributed by atoms with Crippen LogP contribution in [0.1, 0.15) is 24.1 Å². The molecule has 0 aliphatic heterocycles. The summed E-state index contributed by atoms with van der Waals surface area (Å²) in [4.78, 5) is 19.0. The van der Waals surface area contributed by atoms with Gasteiger partial charge in [-0.2, -0.15) is 0 Å². The van der Waals surface area contributed by atoms with Crippen molar-refractivity contribution in [1.82, 2.24) is 4.98 Å². The molecule has 1 aliphatic rings. The Bertz CT molecular complexity index is 619. The fourth-order valence-electron chi connectivity index (χ4n) is 2.48. The third-order valence-corrected chi connectivity index (χ3v) is 5.35. The number of amides is 1. The molecular formula is C14H17N3OS2. The van der Waals surface area contributed by atoms with Gasteiger partial charge in [0.15, 0.2) is 5.13 Å². The smallest absolute Gasteiger partial charge is 0.229 e. The van der Waals surface area contributed by atoms with Gasteiger partial charge >= 0.3 is 0 Å². The van der Waals surface area contributed by atoms with Crippen molar-refractivity contribution < 1.29 is 4.79 Å². The number of aryl methyl sites for hydroxylation is 1. The van der Waals surface area contributed by atoms with Crippen LogP contribution in [-0.2, 0) is 4.79 Å². The summed E-state index contributed by atoms with van der Waals surface area (Å²) in [6.07, 6.45) is 2.61. The molecule has 0 radical (unpaired) electrons. The second-order valence-corrected chi connectivity index (χ2v) is 7.35. The summed E-state index contributed by atoms with van der Waals surface area (Å²) in [5.74, 6) is 0.0996. The molecule has 2 aromatic heterocycles. The number of hydrogen-bond acceptors (Lipinski definition) is 5. The van der Waals surface area contributed by atoms with Crippen LogP contribution in [0.4, 0.5) is 5.13 Å². The minimum atomic E-state index is 0.0429. The molecule has 1 amide bonds. The Kier molecular flexibility index (Phi) is 3.87. The zero-order chi connectivity index (χ0) is 14.1. The number of anilines is 1. The first kappa shape index (κ1) is 13.7. The predicted molar refractivity (Wildman–Crippen MR) is 84.1 cm³/mol. The van der Waals surface area contributed by atoms with Gasteiger partial charge in [0, 0.05) is 22.2 Å². The van der Waals surface area contributed by atoms with E-state index in [1.807, 2.05) is 5.38 Å². The molecule has 1 saturated carbocycles. The Morgan fingerprint density at radius 1 is 1.45 bits per heavy atom. The summed E-state index contributed by atoms with van der Waals surface area (Å²) in [6.45, 7) is 2.08. The van der Waals surface area contributed by atoms with Gasteiger partial charge < -0.3 is 11.1 Å². The summed E-state index contributed by atoms with van der Waals surface area (Å²) in [5, 5.41) is 5.58. The van der Waals surface area contributed by atoms with Crippen molar-refractivity contribution in [2.75, 3.05) is 5.32 Å². The number of rotatable bonds is 3. The number of nitrogens with zero attached hydrogens (tertiary/aromatic N) is 1. The number of thiophene rings is 1. The third kappa shape index (κ3) is 2.92. The molecule has 20 heavy (non-hydrogen) atoms. The molecule has 0 saturated heterocycles. The molecule has 4 nitrogen and oxygen atoms in total. The van der Waals surface area contributed by atoms with Crippen LogP contribution in [0.3, 0.4) is 0 Å². The van der Waals surface area contributed by atoms with Gasteiger partial charge in [0.05, 0.1) is 10.6 Å². The number of carbonyl (C=O) groups is 1. The van der Waals surface area contributed by atoms with Crippen LogP contribution in [0.25, 0.3) is 10.6 Å². The molecule has 106 valence electrons. The molecule has 2 atom stereocenters. The fraction of sp³-hybridized carbons (Fsp3) is 0.429. The summed E-state index contributed by atoms with van der Waals surface area (Å²) in [6, 6.07) is 4.32. The lowest BCUT2D eigenvalue weighted by Crippen LogP contribution is -2.23. The SMILES string of the molecule is Cc1ccc(-c2csc(NC(=O)C3CCC(N)C3)n2)s1. The number of carbonyl (C=O) groups excluding carboxylic acids is 1. The molecule has 2 unspecified atom stereocenters. The molecule has 1 fully saturated rings. The topological polar surface area (TPSA) is 68.0 Å². The monoisotopic (exact) mass is 307 g/mol. The first-order chi connectivity index (χ1) is 9.61.